The smallest absolute Gasteiger partial charge is 0.337 e. The fourth-order valence-corrected chi connectivity index (χ4v) is 1.55. The van der Waals surface area contributed by atoms with Crippen LogP contribution in [-0.4, -0.2) is 22.0 Å². The van der Waals surface area contributed by atoms with Crippen molar-refractivity contribution in [3.63, 3.8) is 0 Å². The number of primary amides is 1. The zero-order chi connectivity index (χ0) is 13.8. The number of amides is 1. The van der Waals surface area contributed by atoms with E-state index in [0.717, 1.165) is 0 Å². The van der Waals surface area contributed by atoms with Gasteiger partial charge in [0.05, 0.1) is 17.4 Å². The molecule has 4 N–H and O–H groups in total. The molecule has 2 aromatic rings. The van der Waals surface area contributed by atoms with Gasteiger partial charge < -0.3 is 16.2 Å². The van der Waals surface area contributed by atoms with E-state index in [0.29, 0.717) is 16.9 Å². The molecule has 1 aromatic carbocycles. The van der Waals surface area contributed by atoms with Crippen LogP contribution >= 0.6 is 0 Å². The van der Waals surface area contributed by atoms with E-state index in [9.17, 15) is 9.59 Å². The molecule has 6 heteroatoms. The van der Waals surface area contributed by atoms with Crippen LogP contribution in [0.2, 0.25) is 0 Å². The van der Waals surface area contributed by atoms with E-state index in [4.69, 9.17) is 10.8 Å². The SMILES string of the molecule is NC(=O)c1ccc(Nc2cnccc2C(=O)O)cc1. The minimum absolute atomic E-state index is 0.119. The van der Waals surface area contributed by atoms with Gasteiger partial charge >= 0.3 is 5.97 Å². The number of aromatic nitrogens is 1. The van der Waals surface area contributed by atoms with Gasteiger partial charge in [-0.15, -0.1) is 0 Å². The Morgan fingerprint density at radius 1 is 1.16 bits per heavy atom. The highest BCUT2D eigenvalue weighted by Crippen LogP contribution is 2.20. The second kappa shape index (κ2) is 5.18. The Hall–Kier alpha value is -2.89. The number of nitrogens with zero attached hydrogens (tertiary/aromatic N) is 1. The third-order valence-corrected chi connectivity index (χ3v) is 2.50. The highest BCUT2D eigenvalue weighted by molar-refractivity contribution is 5.95. The van der Waals surface area contributed by atoms with Crippen LogP contribution in [0.15, 0.2) is 42.7 Å². The Morgan fingerprint density at radius 2 is 1.84 bits per heavy atom. The molecule has 0 spiro atoms. The van der Waals surface area contributed by atoms with Gasteiger partial charge in [-0.3, -0.25) is 9.78 Å². The Kier molecular flexibility index (Phi) is 3.42. The van der Waals surface area contributed by atoms with Crippen molar-refractivity contribution in [2.45, 2.75) is 0 Å². The molecule has 0 saturated heterocycles. The minimum Gasteiger partial charge on any atom is -0.478 e. The molecule has 0 unspecified atom stereocenters. The Balaban J connectivity index is 2.26. The molecule has 0 fully saturated rings. The van der Waals surface area contributed by atoms with Crippen LogP contribution in [0.1, 0.15) is 20.7 Å². The third kappa shape index (κ3) is 2.86. The van der Waals surface area contributed by atoms with Gasteiger partial charge in [0.2, 0.25) is 5.91 Å². The summed E-state index contributed by atoms with van der Waals surface area (Å²) >= 11 is 0. The number of carboxylic acid groups (broad SMARTS) is 1. The lowest BCUT2D eigenvalue weighted by molar-refractivity contribution is 0.0697. The zero-order valence-electron chi connectivity index (χ0n) is 9.83. The molecule has 0 atom stereocenters. The standard InChI is InChI=1S/C13H11N3O3/c14-12(17)8-1-3-9(4-2-8)16-11-7-15-6-5-10(11)13(18)19/h1-7,16H,(H2,14,17)(H,18,19). The minimum atomic E-state index is -1.04. The van der Waals surface area contributed by atoms with E-state index in [1.807, 2.05) is 0 Å². The molecular weight excluding hydrogens is 246 g/mol. The van der Waals surface area contributed by atoms with E-state index < -0.39 is 11.9 Å². The van der Waals surface area contributed by atoms with Crippen LogP contribution in [0.3, 0.4) is 0 Å². The van der Waals surface area contributed by atoms with Gasteiger partial charge in [-0.05, 0) is 30.3 Å². The maximum Gasteiger partial charge on any atom is 0.337 e. The van der Waals surface area contributed by atoms with Crippen molar-refractivity contribution in [1.82, 2.24) is 4.98 Å². The van der Waals surface area contributed by atoms with Crippen LogP contribution in [0, 0.1) is 0 Å². The number of hydrogen-bond acceptors (Lipinski definition) is 4. The molecule has 1 amide bonds. The lowest BCUT2D eigenvalue weighted by Crippen LogP contribution is -2.10. The Labute approximate surface area is 108 Å². The number of nitrogens with one attached hydrogen (secondary N) is 1. The van der Waals surface area contributed by atoms with Gasteiger partial charge in [0.25, 0.3) is 0 Å². The van der Waals surface area contributed by atoms with E-state index in [2.05, 4.69) is 10.3 Å². The van der Waals surface area contributed by atoms with Crippen molar-refractivity contribution in [2.75, 3.05) is 5.32 Å². The Bertz CT molecular complexity index is 623. The van der Waals surface area contributed by atoms with Crippen LogP contribution in [0.5, 0.6) is 0 Å². The zero-order valence-corrected chi connectivity index (χ0v) is 9.83. The van der Waals surface area contributed by atoms with Crippen molar-refractivity contribution < 1.29 is 14.7 Å². The number of benzene rings is 1. The monoisotopic (exact) mass is 257 g/mol. The molecule has 19 heavy (non-hydrogen) atoms. The van der Waals surface area contributed by atoms with Crippen molar-refractivity contribution in [3.05, 3.63) is 53.9 Å². The van der Waals surface area contributed by atoms with E-state index in [1.54, 1.807) is 24.3 Å². The molecule has 0 radical (unpaired) electrons. The summed E-state index contributed by atoms with van der Waals surface area (Å²) in [6.07, 6.45) is 2.83. The first-order valence-electron chi connectivity index (χ1n) is 5.42. The maximum atomic E-state index is 11.0. The fraction of sp³-hybridized carbons (Fsp3) is 0. The molecule has 1 heterocycles. The number of carboxylic acids is 1. The molecule has 0 aliphatic heterocycles. The van der Waals surface area contributed by atoms with E-state index in [-0.39, 0.29) is 5.56 Å². The largest absolute Gasteiger partial charge is 0.478 e. The quantitative estimate of drug-likeness (QED) is 0.771. The van der Waals surface area contributed by atoms with Gasteiger partial charge in [0, 0.05) is 17.4 Å². The van der Waals surface area contributed by atoms with Gasteiger partial charge in [-0.2, -0.15) is 0 Å². The van der Waals surface area contributed by atoms with Crippen molar-refractivity contribution >= 4 is 23.3 Å². The normalized spacial score (nSPS) is 9.89. The number of anilines is 2. The summed E-state index contributed by atoms with van der Waals surface area (Å²) in [5.74, 6) is -1.56. The molecule has 1 aromatic heterocycles. The predicted octanol–water partition coefficient (Wildman–Crippen LogP) is 1.62. The Morgan fingerprint density at radius 3 is 2.42 bits per heavy atom. The number of hydrogen-bond donors (Lipinski definition) is 3. The maximum absolute atomic E-state index is 11.0. The predicted molar refractivity (Wildman–Crippen MR) is 69.4 cm³/mol. The van der Waals surface area contributed by atoms with Gasteiger partial charge in [0.1, 0.15) is 0 Å². The first kappa shape index (κ1) is 12.6. The summed E-state index contributed by atoms with van der Waals surface area (Å²) in [5, 5.41) is 12.0. The molecule has 0 aliphatic rings. The number of carbonyl (C=O) groups is 2. The molecule has 0 saturated carbocycles. The van der Waals surface area contributed by atoms with Crippen LogP contribution in [-0.2, 0) is 0 Å². The molecule has 6 nitrogen and oxygen atoms in total. The summed E-state index contributed by atoms with van der Waals surface area (Å²) in [4.78, 5) is 25.8. The number of pyridine rings is 1. The second-order valence-electron chi connectivity index (χ2n) is 3.79. The van der Waals surface area contributed by atoms with Crippen LogP contribution in [0.25, 0.3) is 0 Å². The molecule has 0 aliphatic carbocycles. The highest BCUT2D eigenvalue weighted by Gasteiger charge is 2.09. The number of aromatic carboxylic acids is 1. The van der Waals surface area contributed by atoms with Gasteiger partial charge in [0.15, 0.2) is 0 Å². The van der Waals surface area contributed by atoms with Crippen LogP contribution < -0.4 is 11.1 Å². The average Bonchev–Trinajstić information content (AvgIpc) is 2.39. The first-order chi connectivity index (χ1) is 9.08. The third-order valence-electron chi connectivity index (χ3n) is 2.50. The average molecular weight is 257 g/mol. The molecular formula is C13H11N3O3. The van der Waals surface area contributed by atoms with Gasteiger partial charge in [-0.25, -0.2) is 4.79 Å². The van der Waals surface area contributed by atoms with Crippen molar-refractivity contribution in [2.24, 2.45) is 5.73 Å². The summed E-state index contributed by atoms with van der Waals surface area (Å²) < 4.78 is 0. The topological polar surface area (TPSA) is 105 Å². The second-order valence-corrected chi connectivity index (χ2v) is 3.79. The summed E-state index contributed by atoms with van der Waals surface area (Å²) in [5.41, 5.74) is 6.65. The summed E-state index contributed by atoms with van der Waals surface area (Å²) in [7, 11) is 0. The number of nitrogens with two attached hydrogens (primary N) is 1. The fourth-order valence-electron chi connectivity index (χ4n) is 1.55. The molecule has 96 valence electrons. The summed E-state index contributed by atoms with van der Waals surface area (Å²) in [6.45, 7) is 0. The number of carbonyl (C=O) groups excluding carboxylic acids is 1. The van der Waals surface area contributed by atoms with E-state index >= 15 is 0 Å². The van der Waals surface area contributed by atoms with Crippen molar-refractivity contribution in [1.29, 1.82) is 0 Å². The molecule has 2 rings (SSSR count). The number of rotatable bonds is 4. The van der Waals surface area contributed by atoms with Gasteiger partial charge in [-0.1, -0.05) is 0 Å². The van der Waals surface area contributed by atoms with Crippen molar-refractivity contribution in [3.8, 4) is 0 Å². The van der Waals surface area contributed by atoms with Crippen LogP contribution in [0.4, 0.5) is 11.4 Å². The first-order valence-corrected chi connectivity index (χ1v) is 5.42. The lowest BCUT2D eigenvalue weighted by atomic mass is 10.2. The van der Waals surface area contributed by atoms with E-state index in [1.165, 1.54) is 18.5 Å². The summed E-state index contributed by atoms with van der Waals surface area (Å²) in [6, 6.07) is 7.79. The lowest BCUT2D eigenvalue weighted by Gasteiger charge is -2.09. The molecule has 0 bridgehead atoms. The highest BCUT2D eigenvalue weighted by atomic mass is 16.4.